The van der Waals surface area contributed by atoms with E-state index in [0.717, 1.165) is 78.1 Å². The van der Waals surface area contributed by atoms with Crippen molar-refractivity contribution in [3.8, 4) is 17.7 Å². The Labute approximate surface area is 676 Å². The van der Waals surface area contributed by atoms with E-state index in [1.807, 2.05) is 88.0 Å². The largest absolute Gasteiger partial charge is 1.00 e. The number of halogens is 1. The maximum absolute atomic E-state index is 11.9. The molecule has 0 bridgehead atoms. The smallest absolute Gasteiger partial charge is 1.00 e. The van der Waals surface area contributed by atoms with Gasteiger partial charge in [0.05, 0.1) is 103 Å². The first-order valence-electron chi connectivity index (χ1n) is 30.9. The fourth-order valence-corrected chi connectivity index (χ4v) is 10.7. The molecule has 0 aliphatic carbocycles. The van der Waals surface area contributed by atoms with Gasteiger partial charge in [0.25, 0.3) is 40.0 Å². The standard InChI is InChI=1S/C22H16N6O6.C20H14N4O6.C13H10N2O2.C7H5ClN2O4.C3H8N2O2.C3H5NO.H3NO.2Na.2H/c1-33-12-21-24-22(34-25-21)18-9-17-16-4-2-3-5-19(16)26(20(17)10-23-18)11-13-6-14(27(29)30)8-15(7-13)28(31)32;1-30-20(25)17-9-16-15-4-2-3-5-18(15)22(19(16)10-21-17)11-12-6-13(23(26)27)8-14(7-12)24(28)29;1-17-13(16)11-6-9-8-4-2-3-5-10(8)15-12(9)7-14-11;8-4-5-1-6(9(11)12)3-7(2-5)10(13)14;1-7-2-3(4)5-6;1-5-3-2-4;1-2;;;;/h2-10H,11-12H2,1H3;2-10H,11H2,1H3;2-7,15H,1H3;1-3H,4H2;6H,2H2,1H3,(H2,4,5);3H2,1H3;2H,1H2;;;;/q;;;;;;;2*+1;2*-1. The molecule has 13 aromatic rings. The first kappa shape index (κ1) is 89.1. The number of oxime groups is 1. The number of nitrogens with zero attached hydrogens (tertiary/aromatic N) is 15. The van der Waals surface area contributed by atoms with Crippen LogP contribution in [0, 0.1) is 72.0 Å². The Kier molecular flexibility index (Phi) is 34.4. The van der Waals surface area contributed by atoms with Crippen molar-refractivity contribution in [3.63, 3.8) is 0 Å². The van der Waals surface area contributed by atoms with Crippen molar-refractivity contribution in [3.05, 3.63) is 259 Å². The Balaban J connectivity index is 0.000000380. The average Bonchev–Trinajstić information content (AvgIpc) is 1.61. The SMILES string of the molecule is COC(=O)c1cc2c(cn1)[nH]c1ccccc12.COC(=O)c1cc2c3ccccc3n(Cc3cc([N+](=O)[O-])cc([N+](=O)[O-])c3)c2cn1.COC/C(N)=N/O.COCC#N.COCc1noc(-c2cc3c4ccccc4n(Cc4cc([N+](=O)[O-])cc([N+](=O)[O-])c4)c3cn2)n1.NO.O=[N+]([O-])c1cc(CCl)cc([N+](=O)[O-])c1.[H-].[H-].[Na+].[Na+]. The number of carbonyl (C=O) groups is 2. The number of carbonyl (C=O) groups excluding carboxylic acids is 2. The fourth-order valence-electron chi connectivity index (χ4n) is 10.5. The number of aromatic nitrogens is 8. The topological polar surface area (TPSA) is 571 Å². The number of aromatic amines is 1. The number of amidine groups is 1. The zero-order chi connectivity index (χ0) is 79.6. The monoisotopic (exact) mass is 1560 g/mol. The minimum absolute atomic E-state index is 0. The van der Waals surface area contributed by atoms with Crippen molar-refractivity contribution < 1.29 is 140 Å². The van der Waals surface area contributed by atoms with Gasteiger partial charge in [-0.05, 0) is 53.1 Å². The van der Waals surface area contributed by atoms with Gasteiger partial charge >= 0.3 is 71.1 Å². The number of esters is 2. The van der Waals surface area contributed by atoms with Crippen LogP contribution in [0.5, 0.6) is 0 Å². The Hall–Kier alpha value is -12.5. The van der Waals surface area contributed by atoms with Crippen LogP contribution in [0.1, 0.15) is 46.3 Å². The number of benzene rings is 6. The number of nitrogens with one attached hydrogen (secondary N) is 1. The third-order valence-electron chi connectivity index (χ3n) is 15.1. The molecule has 7 N–H and O–H groups in total. The average molecular weight is 1570 g/mol. The van der Waals surface area contributed by atoms with Crippen molar-refractivity contribution in [1.29, 1.82) is 5.26 Å². The number of hydrogen-bond acceptors (Lipinski definition) is 30. The number of nitro benzene ring substituents is 6. The summed E-state index contributed by atoms with van der Waals surface area (Å²) in [6.07, 6.45) is 4.82. The maximum atomic E-state index is 11.9. The maximum Gasteiger partial charge on any atom is 1.00 e. The number of non-ortho nitro benzene ring substituents is 6. The number of nitriles is 1. The summed E-state index contributed by atoms with van der Waals surface area (Å²) in [6, 6.07) is 40.5. The molecular weight excluding hydrogens is 1500 g/mol. The predicted octanol–water partition coefficient (Wildman–Crippen LogP) is 5.94. The fraction of sp³-hybridized carbons (Fsp3) is 0.162. The van der Waals surface area contributed by atoms with E-state index in [-0.39, 0.29) is 152 Å². The Bertz CT molecular complexity index is 5540. The van der Waals surface area contributed by atoms with E-state index in [4.69, 9.17) is 47.0 Å². The van der Waals surface area contributed by atoms with Gasteiger partial charge in [0.15, 0.2) is 11.7 Å². The molecule has 0 amide bonds. The third-order valence-corrected chi connectivity index (χ3v) is 15.4. The van der Waals surface area contributed by atoms with Crippen molar-refractivity contribution >= 4 is 129 Å². The molecule has 0 unspecified atom stereocenters. The molecule has 0 aliphatic heterocycles. The van der Waals surface area contributed by atoms with Crippen LogP contribution in [-0.2, 0) is 49.3 Å². The summed E-state index contributed by atoms with van der Waals surface area (Å²) >= 11 is 5.44. The van der Waals surface area contributed by atoms with Crippen LogP contribution in [0.3, 0.4) is 0 Å². The van der Waals surface area contributed by atoms with E-state index in [9.17, 15) is 70.3 Å². The molecule has 7 aromatic heterocycles. The summed E-state index contributed by atoms with van der Waals surface area (Å²) in [5.41, 5.74) is 10.1. The molecule has 111 heavy (non-hydrogen) atoms. The number of nitro groups is 6. The number of ether oxygens (including phenoxy) is 5. The van der Waals surface area contributed by atoms with Crippen LogP contribution in [0.15, 0.2) is 174 Å². The second kappa shape index (κ2) is 42.9. The number of methoxy groups -OCH3 is 5. The second-order valence-corrected chi connectivity index (χ2v) is 22.2. The number of pyridine rings is 3. The molecule has 0 fully saturated rings. The van der Waals surface area contributed by atoms with Crippen molar-refractivity contribution in [1.82, 2.24) is 39.2 Å². The van der Waals surface area contributed by atoms with E-state index < -0.39 is 41.5 Å². The van der Waals surface area contributed by atoms with Gasteiger partial charge in [-0.3, -0.25) is 60.7 Å². The Morgan fingerprint density at radius 2 is 0.964 bits per heavy atom. The molecule has 13 rings (SSSR count). The van der Waals surface area contributed by atoms with Crippen LogP contribution in [0.2, 0.25) is 0 Å². The number of hydrogen-bond donors (Lipinski definition) is 5. The number of para-hydroxylation sites is 3. The van der Waals surface area contributed by atoms with Crippen LogP contribution in [-0.4, -0.2) is 146 Å². The van der Waals surface area contributed by atoms with Crippen LogP contribution in [0.25, 0.3) is 77.0 Å². The van der Waals surface area contributed by atoms with Crippen molar-refractivity contribution in [2.45, 2.75) is 25.6 Å². The summed E-state index contributed by atoms with van der Waals surface area (Å²) in [6.45, 7) is 0.898. The van der Waals surface area contributed by atoms with E-state index in [2.05, 4.69) is 55.3 Å². The number of nitrogens with two attached hydrogens (primary N) is 2. The first-order valence-corrected chi connectivity index (χ1v) is 31.4. The zero-order valence-corrected chi connectivity index (χ0v) is 64.4. The normalized spacial score (nSPS) is 10.4. The summed E-state index contributed by atoms with van der Waals surface area (Å²) in [5, 5.41) is 99.8. The van der Waals surface area contributed by atoms with Crippen molar-refractivity contribution in [2.75, 3.05) is 48.8 Å². The summed E-state index contributed by atoms with van der Waals surface area (Å²) < 4.78 is 32.3. The summed E-state index contributed by atoms with van der Waals surface area (Å²) in [4.78, 5) is 105. The van der Waals surface area contributed by atoms with Crippen LogP contribution >= 0.6 is 11.6 Å². The van der Waals surface area contributed by atoms with E-state index in [0.29, 0.717) is 39.4 Å². The molecule has 566 valence electrons. The Morgan fingerprint density at radius 1 is 0.550 bits per heavy atom. The van der Waals surface area contributed by atoms with Crippen LogP contribution in [0.4, 0.5) is 34.1 Å². The van der Waals surface area contributed by atoms with Gasteiger partial charge < -0.3 is 61.3 Å². The second-order valence-electron chi connectivity index (χ2n) is 22.0. The molecule has 7 heterocycles. The number of H-pyrrole nitrogens is 1. The minimum Gasteiger partial charge on any atom is -1.00 e. The number of fused-ring (bicyclic) bond motifs is 9. The minimum atomic E-state index is -0.691. The van der Waals surface area contributed by atoms with E-state index in [1.54, 1.807) is 30.6 Å². The number of alkyl halides is 1. The molecule has 0 saturated heterocycles. The van der Waals surface area contributed by atoms with Crippen molar-refractivity contribution in [2.24, 2.45) is 16.8 Å². The van der Waals surface area contributed by atoms with Gasteiger partial charge in [0.1, 0.15) is 36.9 Å². The summed E-state index contributed by atoms with van der Waals surface area (Å²) in [5.74, 6) is 3.25. The van der Waals surface area contributed by atoms with Gasteiger partial charge in [-0.1, -0.05) is 64.9 Å². The van der Waals surface area contributed by atoms with Gasteiger partial charge in [0.2, 0.25) is 0 Å². The molecule has 0 saturated carbocycles. The molecule has 40 nitrogen and oxygen atoms in total. The van der Waals surface area contributed by atoms with Gasteiger partial charge in [-0.15, -0.1) is 11.6 Å². The molecule has 0 radical (unpaired) electrons. The van der Waals surface area contributed by atoms with Gasteiger partial charge in [-0.25, -0.2) is 30.4 Å². The number of rotatable bonds is 19. The van der Waals surface area contributed by atoms with Gasteiger partial charge in [0, 0.05) is 126 Å². The molecular formula is C68H63ClN18Na2O22. The van der Waals surface area contributed by atoms with Crippen LogP contribution < -0.4 is 70.7 Å². The first-order chi connectivity index (χ1) is 52.4. The molecule has 6 aromatic carbocycles. The van der Waals surface area contributed by atoms with E-state index >= 15 is 0 Å². The predicted molar refractivity (Wildman–Crippen MR) is 393 cm³/mol. The molecule has 0 spiro atoms. The molecule has 43 heteroatoms. The Morgan fingerprint density at radius 3 is 1.36 bits per heavy atom. The molecule has 0 atom stereocenters. The van der Waals surface area contributed by atoms with E-state index in [1.165, 1.54) is 78.1 Å². The third kappa shape index (κ3) is 23.0. The quantitative estimate of drug-likeness (QED) is 0.00913. The van der Waals surface area contributed by atoms with Gasteiger partial charge in [-0.2, -0.15) is 10.2 Å². The molecule has 0 aliphatic rings. The summed E-state index contributed by atoms with van der Waals surface area (Å²) in [7, 11) is 7.11. The zero-order valence-electron chi connectivity index (χ0n) is 61.6.